The summed E-state index contributed by atoms with van der Waals surface area (Å²) in [6, 6.07) is 0. The van der Waals surface area contributed by atoms with Crippen LogP contribution >= 0.6 is 0 Å². The summed E-state index contributed by atoms with van der Waals surface area (Å²) in [5.41, 5.74) is 6.17. The topological polar surface area (TPSA) is 87.6 Å². The zero-order chi connectivity index (χ0) is 9.26. The van der Waals surface area contributed by atoms with Gasteiger partial charge in [-0.3, -0.25) is 10.3 Å². The van der Waals surface area contributed by atoms with E-state index >= 15 is 0 Å². The van der Waals surface area contributed by atoms with E-state index in [-0.39, 0.29) is 5.56 Å². The molecule has 0 saturated carbocycles. The van der Waals surface area contributed by atoms with Crippen LogP contribution in [0.3, 0.4) is 0 Å². The molecule has 0 aliphatic heterocycles. The fourth-order valence-corrected chi connectivity index (χ4v) is 1.07. The molecule has 0 saturated heterocycles. The predicted octanol–water partition coefficient (Wildman–Crippen LogP) is -1.20. The second kappa shape index (κ2) is 2.87. The second-order valence-corrected chi connectivity index (χ2v) is 2.41. The highest BCUT2D eigenvalue weighted by Crippen LogP contribution is 2.01. The predicted molar refractivity (Wildman–Crippen MR) is 46.6 cm³/mol. The summed E-state index contributed by atoms with van der Waals surface area (Å²) < 4.78 is 1.57. The molecule has 0 bridgehead atoms. The normalized spacial score (nSPS) is 10.5. The van der Waals surface area contributed by atoms with Gasteiger partial charge in [0.1, 0.15) is 11.8 Å². The maximum Gasteiger partial charge on any atom is 0.292 e. The standard InChI is InChI=1S/C6H8N6O/c1-7-11-12-3-8-5-4(12)2-9-10-6(5)13/h2-3,7,11H,1H3,(H,10,13). The van der Waals surface area contributed by atoms with Crippen molar-refractivity contribution in [2.45, 2.75) is 0 Å². The average molecular weight is 180 g/mol. The van der Waals surface area contributed by atoms with Crippen molar-refractivity contribution >= 4 is 11.0 Å². The number of hydrogen-bond acceptors (Lipinski definition) is 5. The van der Waals surface area contributed by atoms with E-state index in [1.165, 1.54) is 12.5 Å². The monoisotopic (exact) mass is 180 g/mol. The molecule has 7 nitrogen and oxygen atoms in total. The van der Waals surface area contributed by atoms with Crippen LogP contribution in [0.2, 0.25) is 0 Å². The van der Waals surface area contributed by atoms with E-state index in [0.717, 1.165) is 0 Å². The summed E-state index contributed by atoms with van der Waals surface area (Å²) >= 11 is 0. The molecular weight excluding hydrogens is 172 g/mol. The Labute approximate surface area is 72.7 Å². The van der Waals surface area contributed by atoms with E-state index in [2.05, 4.69) is 26.1 Å². The molecule has 0 amide bonds. The van der Waals surface area contributed by atoms with Crippen molar-refractivity contribution in [1.82, 2.24) is 25.3 Å². The molecule has 0 aliphatic rings. The number of fused-ring (bicyclic) bond motifs is 1. The number of hydrogen-bond donors (Lipinski definition) is 3. The van der Waals surface area contributed by atoms with Crippen LogP contribution in [0.5, 0.6) is 0 Å². The number of aromatic amines is 1. The van der Waals surface area contributed by atoms with Crippen molar-refractivity contribution < 1.29 is 0 Å². The molecule has 68 valence electrons. The van der Waals surface area contributed by atoms with E-state index in [9.17, 15) is 4.79 Å². The van der Waals surface area contributed by atoms with Crippen molar-refractivity contribution in [2.24, 2.45) is 0 Å². The first kappa shape index (κ1) is 7.74. The number of nitrogens with one attached hydrogen (secondary N) is 3. The molecule has 3 N–H and O–H groups in total. The lowest BCUT2D eigenvalue weighted by atomic mass is 10.5. The number of H-pyrrole nitrogens is 1. The first-order chi connectivity index (χ1) is 6.33. The molecule has 0 spiro atoms. The summed E-state index contributed by atoms with van der Waals surface area (Å²) in [6.07, 6.45) is 3.02. The second-order valence-electron chi connectivity index (χ2n) is 2.41. The Morgan fingerprint density at radius 3 is 3.23 bits per heavy atom. The van der Waals surface area contributed by atoms with E-state index in [4.69, 9.17) is 0 Å². The number of rotatable bonds is 2. The Morgan fingerprint density at radius 1 is 1.62 bits per heavy atom. The van der Waals surface area contributed by atoms with Gasteiger partial charge >= 0.3 is 0 Å². The van der Waals surface area contributed by atoms with Gasteiger partial charge in [-0.25, -0.2) is 20.2 Å². The quantitative estimate of drug-likeness (QED) is 0.505. The number of nitrogens with zero attached hydrogens (tertiary/aromatic N) is 3. The fourth-order valence-electron chi connectivity index (χ4n) is 1.07. The summed E-state index contributed by atoms with van der Waals surface area (Å²) in [5.74, 6) is 0. The molecule has 2 aromatic rings. The van der Waals surface area contributed by atoms with Gasteiger partial charge in [0.2, 0.25) is 0 Å². The number of aromatic nitrogens is 4. The zero-order valence-electron chi connectivity index (χ0n) is 6.90. The van der Waals surface area contributed by atoms with E-state index in [0.29, 0.717) is 11.0 Å². The lowest BCUT2D eigenvalue weighted by Crippen LogP contribution is -2.25. The largest absolute Gasteiger partial charge is 0.292 e. The Morgan fingerprint density at radius 2 is 2.46 bits per heavy atom. The van der Waals surface area contributed by atoms with Crippen LogP contribution in [0, 0.1) is 0 Å². The molecule has 0 aliphatic carbocycles. The highest BCUT2D eigenvalue weighted by Gasteiger charge is 2.04. The number of imidazole rings is 1. The first-order valence-electron chi connectivity index (χ1n) is 3.66. The molecule has 0 fully saturated rings. The molecule has 0 atom stereocenters. The van der Waals surface area contributed by atoms with Gasteiger partial charge in [-0.05, 0) is 0 Å². The van der Waals surface area contributed by atoms with Crippen molar-refractivity contribution in [2.75, 3.05) is 12.6 Å². The van der Waals surface area contributed by atoms with Gasteiger partial charge in [-0.15, -0.1) is 0 Å². The van der Waals surface area contributed by atoms with Crippen LogP contribution in [0.4, 0.5) is 0 Å². The van der Waals surface area contributed by atoms with Crippen LogP contribution in [0.15, 0.2) is 17.3 Å². The molecular formula is C6H8N6O. The zero-order valence-corrected chi connectivity index (χ0v) is 6.90. The van der Waals surface area contributed by atoms with Gasteiger partial charge in [0.05, 0.1) is 6.20 Å². The summed E-state index contributed by atoms with van der Waals surface area (Å²) in [6.45, 7) is 0. The van der Waals surface area contributed by atoms with Gasteiger partial charge in [0, 0.05) is 7.05 Å². The third kappa shape index (κ3) is 1.14. The average Bonchev–Trinajstić information content (AvgIpc) is 2.51. The minimum Gasteiger partial charge on any atom is -0.265 e. The Kier molecular flexibility index (Phi) is 1.71. The molecule has 0 radical (unpaired) electrons. The molecule has 2 aromatic heterocycles. The molecule has 2 rings (SSSR count). The minimum atomic E-state index is -0.297. The third-order valence-corrected chi connectivity index (χ3v) is 1.60. The van der Waals surface area contributed by atoms with Crippen LogP contribution in [-0.2, 0) is 0 Å². The number of hydrazine groups is 1. The van der Waals surface area contributed by atoms with Crippen LogP contribution in [0.1, 0.15) is 0 Å². The molecule has 2 heterocycles. The van der Waals surface area contributed by atoms with Gasteiger partial charge in [-0.1, -0.05) is 0 Å². The van der Waals surface area contributed by atoms with Crippen LogP contribution in [0.25, 0.3) is 11.0 Å². The van der Waals surface area contributed by atoms with Gasteiger partial charge in [0.25, 0.3) is 5.56 Å². The molecule has 7 heteroatoms. The lowest BCUT2D eigenvalue weighted by Gasteiger charge is -2.03. The third-order valence-electron chi connectivity index (χ3n) is 1.60. The van der Waals surface area contributed by atoms with Crippen molar-refractivity contribution in [3.8, 4) is 0 Å². The minimum absolute atomic E-state index is 0.297. The molecule has 13 heavy (non-hydrogen) atoms. The summed E-state index contributed by atoms with van der Waals surface area (Å²) in [4.78, 5) is 15.1. The Balaban J connectivity index is 2.68. The van der Waals surface area contributed by atoms with Crippen LogP contribution in [-0.4, -0.2) is 26.9 Å². The summed E-state index contributed by atoms with van der Waals surface area (Å²) in [5, 5.41) is 5.96. The SMILES string of the molecule is CNNn1cnc2c(=O)[nH]ncc21. The van der Waals surface area contributed by atoms with Gasteiger partial charge < -0.3 is 0 Å². The summed E-state index contributed by atoms with van der Waals surface area (Å²) in [7, 11) is 1.71. The van der Waals surface area contributed by atoms with Gasteiger partial charge in [0.15, 0.2) is 5.52 Å². The van der Waals surface area contributed by atoms with E-state index in [1.54, 1.807) is 11.7 Å². The smallest absolute Gasteiger partial charge is 0.265 e. The van der Waals surface area contributed by atoms with Crippen LogP contribution < -0.4 is 16.5 Å². The van der Waals surface area contributed by atoms with E-state index in [1.807, 2.05) is 0 Å². The van der Waals surface area contributed by atoms with Gasteiger partial charge in [-0.2, -0.15) is 5.10 Å². The fraction of sp³-hybridized carbons (Fsp3) is 0.167. The highest BCUT2D eigenvalue weighted by molar-refractivity contribution is 5.72. The molecule has 0 aromatic carbocycles. The highest BCUT2D eigenvalue weighted by atomic mass is 16.1. The maximum atomic E-state index is 11.2. The Bertz CT molecular complexity index is 471. The van der Waals surface area contributed by atoms with Crippen molar-refractivity contribution in [3.05, 3.63) is 22.9 Å². The first-order valence-corrected chi connectivity index (χ1v) is 3.66. The van der Waals surface area contributed by atoms with E-state index < -0.39 is 0 Å². The molecule has 0 unspecified atom stereocenters. The van der Waals surface area contributed by atoms with Crippen molar-refractivity contribution in [3.63, 3.8) is 0 Å². The lowest BCUT2D eigenvalue weighted by molar-refractivity contribution is 0.774. The van der Waals surface area contributed by atoms with Crippen molar-refractivity contribution in [1.29, 1.82) is 0 Å². The maximum absolute atomic E-state index is 11.2. The Hall–Kier alpha value is -1.89.